The molecule has 2 fully saturated rings. The van der Waals surface area contributed by atoms with E-state index in [-0.39, 0.29) is 5.56 Å². The zero-order chi connectivity index (χ0) is 12.5. The number of likely N-dealkylation sites (tertiary alicyclic amines) is 1. The van der Waals surface area contributed by atoms with Crippen molar-refractivity contribution in [2.75, 3.05) is 26.2 Å². The van der Waals surface area contributed by atoms with Crippen LogP contribution in [0, 0.1) is 11.8 Å². The van der Waals surface area contributed by atoms with Crippen LogP contribution in [0.3, 0.4) is 0 Å². The lowest BCUT2D eigenvalue weighted by molar-refractivity contribution is 0.230. The second-order valence-electron chi connectivity index (χ2n) is 5.55. The van der Waals surface area contributed by atoms with E-state index in [2.05, 4.69) is 17.1 Å². The number of pyridine rings is 1. The van der Waals surface area contributed by atoms with Crippen LogP contribution >= 0.6 is 0 Å². The molecular weight excluding hydrogens is 226 g/mol. The SMILES string of the molecule is CC1C2CNCC2CN1CCn1ccccc1=O. The van der Waals surface area contributed by atoms with Crippen LogP contribution in [-0.4, -0.2) is 41.7 Å². The van der Waals surface area contributed by atoms with E-state index in [4.69, 9.17) is 0 Å². The Labute approximate surface area is 108 Å². The van der Waals surface area contributed by atoms with Crippen molar-refractivity contribution < 1.29 is 0 Å². The third kappa shape index (κ3) is 2.10. The van der Waals surface area contributed by atoms with Crippen LogP contribution in [0.5, 0.6) is 0 Å². The smallest absolute Gasteiger partial charge is 0.250 e. The third-order valence-electron chi connectivity index (χ3n) is 4.58. The molecule has 2 aliphatic heterocycles. The minimum atomic E-state index is 0.103. The van der Waals surface area contributed by atoms with Gasteiger partial charge in [0, 0.05) is 37.9 Å². The summed E-state index contributed by atoms with van der Waals surface area (Å²) in [5, 5.41) is 3.48. The maximum absolute atomic E-state index is 11.6. The van der Waals surface area contributed by atoms with Gasteiger partial charge in [-0.15, -0.1) is 0 Å². The molecule has 2 saturated heterocycles. The molecule has 0 spiro atoms. The molecule has 0 amide bonds. The summed E-state index contributed by atoms with van der Waals surface area (Å²) in [5.41, 5.74) is 0.103. The Balaban J connectivity index is 1.61. The predicted octanol–water partition coefficient (Wildman–Crippen LogP) is 0.388. The minimum Gasteiger partial charge on any atom is -0.316 e. The van der Waals surface area contributed by atoms with Gasteiger partial charge < -0.3 is 9.88 Å². The fourth-order valence-electron chi connectivity index (χ4n) is 3.43. The van der Waals surface area contributed by atoms with Gasteiger partial charge in [-0.25, -0.2) is 0 Å². The molecule has 3 unspecified atom stereocenters. The summed E-state index contributed by atoms with van der Waals surface area (Å²) in [7, 11) is 0. The van der Waals surface area contributed by atoms with Crippen molar-refractivity contribution >= 4 is 0 Å². The van der Waals surface area contributed by atoms with Crippen LogP contribution < -0.4 is 10.9 Å². The van der Waals surface area contributed by atoms with E-state index in [1.165, 1.54) is 6.54 Å². The van der Waals surface area contributed by atoms with Crippen LogP contribution in [0.2, 0.25) is 0 Å². The van der Waals surface area contributed by atoms with Crippen molar-refractivity contribution in [2.24, 2.45) is 11.8 Å². The number of nitrogens with zero attached hydrogens (tertiary/aromatic N) is 2. The first-order chi connectivity index (χ1) is 8.75. The number of aromatic nitrogens is 1. The highest BCUT2D eigenvalue weighted by Gasteiger charge is 2.41. The summed E-state index contributed by atoms with van der Waals surface area (Å²) in [5.74, 6) is 1.62. The summed E-state index contributed by atoms with van der Waals surface area (Å²) < 4.78 is 1.80. The van der Waals surface area contributed by atoms with E-state index in [0.717, 1.165) is 38.0 Å². The maximum Gasteiger partial charge on any atom is 0.250 e. The Morgan fingerprint density at radius 2 is 2.22 bits per heavy atom. The molecule has 0 aromatic carbocycles. The number of rotatable bonds is 3. The van der Waals surface area contributed by atoms with E-state index in [1.807, 2.05) is 12.3 Å². The first-order valence-electron chi connectivity index (χ1n) is 6.86. The van der Waals surface area contributed by atoms with E-state index >= 15 is 0 Å². The molecule has 0 radical (unpaired) electrons. The summed E-state index contributed by atoms with van der Waals surface area (Å²) in [6.07, 6.45) is 1.88. The van der Waals surface area contributed by atoms with Crippen molar-refractivity contribution in [3.05, 3.63) is 34.7 Å². The number of hydrogen-bond donors (Lipinski definition) is 1. The zero-order valence-electron chi connectivity index (χ0n) is 10.9. The van der Waals surface area contributed by atoms with Crippen molar-refractivity contribution in [1.82, 2.24) is 14.8 Å². The number of fused-ring (bicyclic) bond motifs is 1. The lowest BCUT2D eigenvalue weighted by Gasteiger charge is -2.24. The molecule has 1 aromatic heterocycles. The van der Waals surface area contributed by atoms with Gasteiger partial charge in [0.05, 0.1) is 0 Å². The average molecular weight is 247 g/mol. The normalized spacial score (nSPS) is 31.7. The van der Waals surface area contributed by atoms with E-state index in [0.29, 0.717) is 6.04 Å². The van der Waals surface area contributed by atoms with Crippen molar-refractivity contribution in [3.8, 4) is 0 Å². The van der Waals surface area contributed by atoms with Gasteiger partial charge in [-0.2, -0.15) is 0 Å². The Morgan fingerprint density at radius 3 is 3.00 bits per heavy atom. The van der Waals surface area contributed by atoms with E-state index in [9.17, 15) is 4.79 Å². The van der Waals surface area contributed by atoms with Crippen molar-refractivity contribution in [1.29, 1.82) is 0 Å². The Hall–Kier alpha value is -1.13. The molecule has 1 N–H and O–H groups in total. The Morgan fingerprint density at radius 1 is 1.33 bits per heavy atom. The Kier molecular flexibility index (Phi) is 3.22. The monoisotopic (exact) mass is 247 g/mol. The largest absolute Gasteiger partial charge is 0.316 e. The zero-order valence-corrected chi connectivity index (χ0v) is 10.9. The maximum atomic E-state index is 11.6. The molecule has 2 aliphatic rings. The van der Waals surface area contributed by atoms with Crippen LogP contribution in [0.15, 0.2) is 29.2 Å². The highest BCUT2D eigenvalue weighted by molar-refractivity contribution is 4.97. The predicted molar refractivity (Wildman–Crippen MR) is 71.6 cm³/mol. The van der Waals surface area contributed by atoms with E-state index < -0.39 is 0 Å². The van der Waals surface area contributed by atoms with Gasteiger partial charge in [-0.1, -0.05) is 6.07 Å². The van der Waals surface area contributed by atoms with Crippen molar-refractivity contribution in [2.45, 2.75) is 19.5 Å². The van der Waals surface area contributed by atoms with Gasteiger partial charge in [-0.05, 0) is 37.9 Å². The first-order valence-corrected chi connectivity index (χ1v) is 6.86. The van der Waals surface area contributed by atoms with Crippen molar-refractivity contribution in [3.63, 3.8) is 0 Å². The highest BCUT2D eigenvalue weighted by atomic mass is 16.1. The molecule has 1 aromatic rings. The standard InChI is InChI=1S/C14H21N3O/c1-11-13-9-15-8-12(13)10-17(11)7-6-16-5-3-2-4-14(16)18/h2-5,11-13,15H,6-10H2,1H3. The molecule has 3 rings (SSSR count). The fraction of sp³-hybridized carbons (Fsp3) is 0.643. The summed E-state index contributed by atoms with van der Waals surface area (Å²) in [6, 6.07) is 6.00. The number of nitrogens with one attached hydrogen (secondary N) is 1. The molecule has 3 atom stereocenters. The summed E-state index contributed by atoms with van der Waals surface area (Å²) in [6.45, 7) is 7.62. The molecule has 3 heterocycles. The Bertz CT molecular complexity index is 470. The van der Waals surface area contributed by atoms with Crippen LogP contribution in [0.1, 0.15) is 6.92 Å². The lowest BCUT2D eigenvalue weighted by Crippen LogP contribution is -2.36. The molecule has 0 bridgehead atoms. The molecule has 4 heteroatoms. The average Bonchev–Trinajstić information content (AvgIpc) is 2.93. The highest BCUT2D eigenvalue weighted by Crippen LogP contribution is 2.31. The van der Waals surface area contributed by atoms with Crippen LogP contribution in [0.4, 0.5) is 0 Å². The molecule has 4 nitrogen and oxygen atoms in total. The van der Waals surface area contributed by atoms with E-state index in [1.54, 1.807) is 16.7 Å². The van der Waals surface area contributed by atoms with Gasteiger partial charge in [-0.3, -0.25) is 9.69 Å². The van der Waals surface area contributed by atoms with Gasteiger partial charge in [0.2, 0.25) is 0 Å². The molecule has 0 saturated carbocycles. The molecular formula is C14H21N3O. The lowest BCUT2D eigenvalue weighted by atomic mass is 9.95. The molecule has 18 heavy (non-hydrogen) atoms. The molecule has 98 valence electrons. The third-order valence-corrected chi connectivity index (χ3v) is 4.58. The quantitative estimate of drug-likeness (QED) is 0.839. The minimum absolute atomic E-state index is 0.103. The van der Waals surface area contributed by atoms with Gasteiger partial charge in [0.25, 0.3) is 5.56 Å². The van der Waals surface area contributed by atoms with Crippen LogP contribution in [0.25, 0.3) is 0 Å². The van der Waals surface area contributed by atoms with Crippen LogP contribution in [-0.2, 0) is 6.54 Å². The first kappa shape index (κ1) is 11.9. The number of hydrogen-bond acceptors (Lipinski definition) is 3. The van der Waals surface area contributed by atoms with Gasteiger partial charge >= 0.3 is 0 Å². The summed E-state index contributed by atoms with van der Waals surface area (Å²) >= 11 is 0. The fourth-order valence-corrected chi connectivity index (χ4v) is 3.43. The summed E-state index contributed by atoms with van der Waals surface area (Å²) in [4.78, 5) is 14.2. The molecule has 0 aliphatic carbocycles. The second kappa shape index (κ2) is 4.86. The van der Waals surface area contributed by atoms with Gasteiger partial charge in [0.1, 0.15) is 0 Å². The topological polar surface area (TPSA) is 37.3 Å². The second-order valence-corrected chi connectivity index (χ2v) is 5.55. The van der Waals surface area contributed by atoms with Gasteiger partial charge in [0.15, 0.2) is 0 Å².